The predicted octanol–water partition coefficient (Wildman–Crippen LogP) is 2.61. The summed E-state index contributed by atoms with van der Waals surface area (Å²) in [6.45, 7) is 1.83. The predicted molar refractivity (Wildman–Crippen MR) is 125 cm³/mol. The fourth-order valence-corrected chi connectivity index (χ4v) is 4.57. The van der Waals surface area contributed by atoms with E-state index in [1.165, 1.54) is 0 Å². The zero-order chi connectivity index (χ0) is 23.0. The summed E-state index contributed by atoms with van der Waals surface area (Å²) in [6, 6.07) is 7.53. The molecule has 1 heterocycles. The smallest absolute Gasteiger partial charge is 0.254 e. The summed E-state index contributed by atoms with van der Waals surface area (Å²) in [5.74, 6) is -0.137. The van der Waals surface area contributed by atoms with Crippen molar-refractivity contribution in [1.82, 2.24) is 9.80 Å². The normalized spacial score (nSPS) is 23.2. The fourth-order valence-electron chi connectivity index (χ4n) is 4.57. The molecule has 0 radical (unpaired) electrons. The Kier molecular flexibility index (Phi) is 5.74. The number of carbonyl (C=O) groups excluding carboxylic acids is 3. The van der Waals surface area contributed by atoms with Gasteiger partial charge in [-0.15, -0.1) is 0 Å². The summed E-state index contributed by atoms with van der Waals surface area (Å²) >= 11 is 0. The highest BCUT2D eigenvalue weighted by molar-refractivity contribution is 6.09. The van der Waals surface area contributed by atoms with Crippen molar-refractivity contribution in [2.75, 3.05) is 26.2 Å². The lowest BCUT2D eigenvalue weighted by atomic mass is 9.79. The van der Waals surface area contributed by atoms with Gasteiger partial charge in [-0.3, -0.25) is 14.4 Å². The van der Waals surface area contributed by atoms with Crippen molar-refractivity contribution in [2.24, 2.45) is 10.9 Å². The second-order valence-electron chi connectivity index (χ2n) is 9.49. The van der Waals surface area contributed by atoms with E-state index in [9.17, 15) is 19.5 Å². The Morgan fingerprint density at radius 3 is 2.24 bits per heavy atom. The molecule has 1 aromatic rings. The summed E-state index contributed by atoms with van der Waals surface area (Å²) in [4.78, 5) is 45.2. The zero-order valence-electron chi connectivity index (χ0n) is 18.7. The first kappa shape index (κ1) is 21.8. The third-order valence-corrected chi connectivity index (χ3v) is 7.07. The maximum Gasteiger partial charge on any atom is 0.254 e. The number of nitrogens with zero attached hydrogens (tertiary/aromatic N) is 3. The van der Waals surface area contributed by atoms with Crippen LogP contribution < -0.4 is 0 Å². The maximum atomic E-state index is 13.0. The number of aliphatic hydroxyl groups is 1. The highest BCUT2D eigenvalue weighted by atomic mass is 16.3. The van der Waals surface area contributed by atoms with Gasteiger partial charge in [0.25, 0.3) is 11.8 Å². The van der Waals surface area contributed by atoms with Crippen LogP contribution in [-0.2, 0) is 9.59 Å². The standard InChI is InChI=1S/C26H29N3O4/c30-23(19-7-8-19)27-22-4-1-3-21(17-22)18-5-9-20(10-6-18)24(31)28-13-15-29(16-14-28)25(32)26(33)11-2-12-26/h1,3-6,9-10,19,33H,2,7-8,11-17H2. The van der Waals surface area contributed by atoms with Gasteiger partial charge in [0.05, 0.1) is 0 Å². The van der Waals surface area contributed by atoms with Crippen LogP contribution in [0.4, 0.5) is 0 Å². The lowest BCUT2D eigenvalue weighted by Gasteiger charge is -2.42. The first-order valence-electron chi connectivity index (χ1n) is 11.8. The first-order valence-corrected chi connectivity index (χ1v) is 11.8. The second kappa shape index (κ2) is 8.71. The van der Waals surface area contributed by atoms with Crippen LogP contribution in [0.15, 0.2) is 47.5 Å². The average molecular weight is 448 g/mol. The van der Waals surface area contributed by atoms with Crippen LogP contribution in [0.25, 0.3) is 5.57 Å². The van der Waals surface area contributed by atoms with Crippen LogP contribution in [0.3, 0.4) is 0 Å². The minimum Gasteiger partial charge on any atom is -0.380 e. The monoisotopic (exact) mass is 447 g/mol. The number of benzene rings is 1. The fraction of sp³-hybridized carbons (Fsp3) is 0.462. The highest BCUT2D eigenvalue weighted by Crippen LogP contribution is 2.34. The van der Waals surface area contributed by atoms with E-state index in [0.717, 1.165) is 36.1 Å². The van der Waals surface area contributed by atoms with Gasteiger partial charge in [-0.1, -0.05) is 24.3 Å². The van der Waals surface area contributed by atoms with Crippen molar-refractivity contribution < 1.29 is 19.5 Å². The van der Waals surface area contributed by atoms with E-state index in [2.05, 4.69) is 4.99 Å². The van der Waals surface area contributed by atoms with Gasteiger partial charge in [0.15, 0.2) is 0 Å². The molecule has 3 aliphatic carbocycles. The molecule has 4 aliphatic rings. The van der Waals surface area contributed by atoms with Crippen LogP contribution in [0, 0.1) is 5.92 Å². The molecule has 2 saturated carbocycles. The minimum atomic E-state index is -1.18. The van der Waals surface area contributed by atoms with E-state index in [0.29, 0.717) is 51.0 Å². The molecule has 33 heavy (non-hydrogen) atoms. The van der Waals surface area contributed by atoms with E-state index >= 15 is 0 Å². The molecule has 0 spiro atoms. The van der Waals surface area contributed by atoms with E-state index in [1.54, 1.807) is 9.80 Å². The third-order valence-electron chi connectivity index (χ3n) is 7.07. The van der Waals surface area contributed by atoms with Gasteiger partial charge in [0.2, 0.25) is 5.91 Å². The lowest BCUT2D eigenvalue weighted by Crippen LogP contribution is -2.58. The Hall–Kier alpha value is -3.06. The molecule has 1 aliphatic heterocycles. The number of allylic oxidation sites excluding steroid dienone is 4. The molecule has 3 fully saturated rings. The van der Waals surface area contributed by atoms with E-state index in [1.807, 2.05) is 42.5 Å². The Morgan fingerprint density at radius 1 is 0.970 bits per heavy atom. The van der Waals surface area contributed by atoms with Gasteiger partial charge in [0, 0.05) is 49.8 Å². The van der Waals surface area contributed by atoms with Crippen LogP contribution in [0.1, 0.15) is 54.4 Å². The van der Waals surface area contributed by atoms with Crippen molar-refractivity contribution in [3.05, 3.63) is 53.6 Å². The summed E-state index contributed by atoms with van der Waals surface area (Å²) < 4.78 is 0. The molecule has 172 valence electrons. The molecular weight excluding hydrogens is 418 g/mol. The average Bonchev–Trinajstić information content (AvgIpc) is 3.68. The van der Waals surface area contributed by atoms with Crippen molar-refractivity contribution in [3.63, 3.8) is 0 Å². The van der Waals surface area contributed by atoms with Crippen molar-refractivity contribution in [1.29, 1.82) is 0 Å². The second-order valence-corrected chi connectivity index (χ2v) is 9.49. The molecule has 0 atom stereocenters. The van der Waals surface area contributed by atoms with Gasteiger partial charge in [-0.2, -0.15) is 0 Å². The van der Waals surface area contributed by atoms with Crippen LogP contribution >= 0.6 is 0 Å². The molecule has 1 saturated heterocycles. The summed E-state index contributed by atoms with van der Waals surface area (Å²) in [7, 11) is 0. The zero-order valence-corrected chi connectivity index (χ0v) is 18.7. The van der Waals surface area contributed by atoms with Crippen molar-refractivity contribution >= 4 is 29.0 Å². The van der Waals surface area contributed by atoms with Crippen LogP contribution in [0.2, 0.25) is 0 Å². The van der Waals surface area contributed by atoms with Crippen molar-refractivity contribution in [3.8, 4) is 0 Å². The molecule has 7 heteroatoms. The highest BCUT2D eigenvalue weighted by Gasteiger charge is 2.45. The van der Waals surface area contributed by atoms with Gasteiger partial charge in [-0.25, -0.2) is 4.99 Å². The van der Waals surface area contributed by atoms with Gasteiger partial charge < -0.3 is 14.9 Å². The summed E-state index contributed by atoms with van der Waals surface area (Å²) in [5.41, 5.74) is 2.29. The third kappa shape index (κ3) is 4.55. The van der Waals surface area contributed by atoms with E-state index in [-0.39, 0.29) is 23.6 Å². The largest absolute Gasteiger partial charge is 0.380 e. The van der Waals surface area contributed by atoms with E-state index < -0.39 is 5.60 Å². The van der Waals surface area contributed by atoms with Crippen LogP contribution in [-0.4, -0.2) is 70.1 Å². The molecule has 1 N–H and O–H groups in total. The van der Waals surface area contributed by atoms with E-state index in [4.69, 9.17) is 0 Å². The van der Waals surface area contributed by atoms with Crippen molar-refractivity contribution in [2.45, 2.75) is 44.1 Å². The van der Waals surface area contributed by atoms with Gasteiger partial charge in [0.1, 0.15) is 5.60 Å². The van der Waals surface area contributed by atoms with Gasteiger partial charge in [-0.05, 0) is 61.4 Å². The molecular formula is C26H29N3O4. The molecule has 0 unspecified atom stereocenters. The summed E-state index contributed by atoms with van der Waals surface area (Å²) in [5, 5.41) is 10.3. The Labute approximate surface area is 193 Å². The Bertz CT molecular complexity index is 1050. The SMILES string of the molecule is O=C(N=C1C=CC=C(c2ccc(C(=O)N3CCN(C(=O)C4(O)CCC4)CC3)cc2)C1)C1CC1. The number of hydrogen-bond acceptors (Lipinski definition) is 4. The lowest BCUT2D eigenvalue weighted by molar-refractivity contribution is -0.161. The molecule has 1 aromatic carbocycles. The number of aliphatic imine (C=N–C) groups is 1. The number of hydrogen-bond donors (Lipinski definition) is 1. The molecule has 0 aromatic heterocycles. The molecule has 7 nitrogen and oxygen atoms in total. The number of rotatable bonds is 4. The molecule has 0 bridgehead atoms. The number of carbonyl (C=O) groups is 3. The van der Waals surface area contributed by atoms with Crippen LogP contribution in [0.5, 0.6) is 0 Å². The Morgan fingerprint density at radius 2 is 1.64 bits per heavy atom. The number of amides is 3. The maximum absolute atomic E-state index is 13.0. The molecule has 5 rings (SSSR count). The number of piperazine rings is 1. The first-order chi connectivity index (χ1) is 15.9. The topological polar surface area (TPSA) is 90.3 Å². The Balaban J connectivity index is 1.18. The van der Waals surface area contributed by atoms with Gasteiger partial charge >= 0.3 is 0 Å². The quantitative estimate of drug-likeness (QED) is 0.768. The summed E-state index contributed by atoms with van der Waals surface area (Å²) in [6.07, 6.45) is 10.3. The minimum absolute atomic E-state index is 0.0134. The molecule has 3 amide bonds.